The van der Waals surface area contributed by atoms with Crippen molar-refractivity contribution in [2.45, 2.75) is 347 Å². The van der Waals surface area contributed by atoms with Gasteiger partial charge in [0.15, 0.2) is 0 Å². The average molecular weight is 2990 g/mol. The molecule has 144 heavy (non-hydrogen) atoms. The van der Waals surface area contributed by atoms with Crippen molar-refractivity contribution in [3.8, 4) is 0 Å². The fraction of sp³-hybridized carbons (Fsp3) is 1.00. The lowest BCUT2D eigenvalue weighted by Gasteiger charge is -2.37. The minimum atomic E-state index is -6.77. The molecule has 0 aromatic rings. The predicted octanol–water partition coefficient (Wildman–Crippen LogP) is 40.2. The first-order valence-electron chi connectivity index (χ1n) is 36.9. The molecule has 0 bridgehead atoms. The molecule has 0 rings (SSSR count). The minimum absolute atomic E-state index is 0.0359. The Morgan fingerprint density at radius 1 is 0.188 bits per heavy atom. The highest BCUT2D eigenvalue weighted by molar-refractivity contribution is 14.1. The van der Waals surface area contributed by atoms with Gasteiger partial charge in [0.05, 0.1) is 37.0 Å². The Balaban J connectivity index is -0.000000399. The molecule has 876 valence electrons. The van der Waals surface area contributed by atoms with Crippen molar-refractivity contribution in [3.63, 3.8) is 0 Å². The molecule has 0 radical (unpaired) electrons. The van der Waals surface area contributed by atoms with E-state index in [1.54, 1.807) is 22.6 Å². The summed E-state index contributed by atoms with van der Waals surface area (Å²) in [5.41, 5.74) is -46.2. The largest absolute Gasteiger partial charge is 0.431 e. The Labute approximate surface area is 841 Å². The van der Waals surface area contributed by atoms with Gasteiger partial charge in [-0.15, -0.1) is 0 Å². The highest BCUT2D eigenvalue weighted by atomic mass is 127. The van der Waals surface area contributed by atoms with Gasteiger partial charge in [0.2, 0.25) is 5.67 Å². The molecular weight excluding hydrogens is 2930 g/mol. The number of halogens is 79. The van der Waals surface area contributed by atoms with Crippen LogP contribution >= 0.6 is 136 Å². The molecule has 0 saturated carbocycles. The quantitative estimate of drug-likeness (QED) is 0.0249. The van der Waals surface area contributed by atoms with Crippen LogP contribution in [0.15, 0.2) is 0 Å². The van der Waals surface area contributed by atoms with Gasteiger partial charge < -0.3 is 0 Å². The first kappa shape index (κ1) is 154. The third-order valence-electron chi connectivity index (χ3n) is 18.8. The maximum atomic E-state index is 13.9. The third kappa shape index (κ3) is 49.0. The Bertz CT molecular complexity index is 3440. The normalized spacial score (nSPS) is 16.6. The zero-order chi connectivity index (χ0) is 118. The maximum Gasteiger partial charge on any atom is 0.431 e. The third-order valence-corrected chi connectivity index (χ3v) is 22.9. The topological polar surface area (TPSA) is 0 Å². The van der Waals surface area contributed by atoms with Gasteiger partial charge in [-0.2, -0.15) is 268 Å². The van der Waals surface area contributed by atoms with Gasteiger partial charge in [-0.25, -0.2) is 52.7 Å². The molecule has 0 aliphatic heterocycles. The first-order chi connectivity index (χ1) is 61.9. The van der Waals surface area contributed by atoms with E-state index in [9.17, 15) is 321 Å². The van der Waals surface area contributed by atoms with Crippen LogP contribution in [-0.2, 0) is 0 Å². The van der Waals surface area contributed by atoms with E-state index in [4.69, 9.17) is 0 Å². The summed E-state index contributed by atoms with van der Waals surface area (Å²) in [5.74, 6) is -24.5. The molecule has 0 amide bonds. The second kappa shape index (κ2) is 53.5. The standard InChI is InChI=1S/C15H17F14I.C14H18F11I.C13H14F13I.2C8H5F12I.C7H4F11I/c16-10(12(18,19)20,13(21,22)23)7-9(5-3-1-2-4-6-30)8-11(17,14(24,25)26)15(27,28)29;1-10(15,12(17,18)19)8-9(5-7-26)4-2-3-6-11(16,13(20,21)22)14(23,24)25;14-9(12(21,22)23,13(24,25)26)6-8(11(18,19)20)5-7(10(15,16)17)3-1-2-4-27;9-4(10,1-3(21)6(12,13)14)2-5(11,7(15,16)17)8(18,19)20;9-4(7(15,16)17,8(18,19)20)1-3(6(12,13)14)2-5(10,11)21;8-3(9,2-5(11,12)19)1-4(10,6(13,14)15)7(16,17)18/h9H,1-8H2;9H,2-8H2,1H3;7-8H,1-6H2;2*3H,1-2H2;1-2H2. The van der Waals surface area contributed by atoms with E-state index in [-0.39, 0.29) is 83.7 Å². The summed E-state index contributed by atoms with van der Waals surface area (Å²) in [7, 11) is 0. The summed E-state index contributed by atoms with van der Waals surface area (Å²) in [6.07, 6.45) is -155. The zero-order valence-electron chi connectivity index (χ0n) is 68.9. The van der Waals surface area contributed by atoms with Crippen molar-refractivity contribution in [2.24, 2.45) is 29.6 Å². The molecular formula is C65H63F73I6. The van der Waals surface area contributed by atoms with Gasteiger partial charge in [-0.05, 0) is 129 Å². The molecule has 0 aliphatic rings. The molecule has 0 fully saturated rings. The number of unbranched alkanes of at least 4 members (excludes halogenated alkanes) is 5. The second-order valence-corrected chi connectivity index (χ2v) is 38.6. The van der Waals surface area contributed by atoms with Crippen LogP contribution in [-0.4, -0.2) is 200 Å². The highest BCUT2D eigenvalue weighted by Crippen LogP contribution is 2.62. The molecule has 0 spiro atoms. The molecule has 0 aromatic heterocycles. The maximum absolute atomic E-state index is 13.9. The van der Waals surface area contributed by atoms with Crippen molar-refractivity contribution in [1.82, 2.24) is 0 Å². The zero-order valence-corrected chi connectivity index (χ0v) is 81.9. The number of hydrogen-bond donors (Lipinski definition) is 0. The predicted molar refractivity (Wildman–Crippen MR) is 402 cm³/mol. The van der Waals surface area contributed by atoms with Crippen LogP contribution in [0, 0.1) is 29.6 Å². The Morgan fingerprint density at radius 3 is 0.688 bits per heavy atom. The average Bonchev–Trinajstić information content (AvgIpc) is 0.765. The summed E-state index contributed by atoms with van der Waals surface area (Å²) >= 11 is 6.08. The second-order valence-electron chi connectivity index (χ2n) is 30.7. The first-order valence-corrected chi connectivity index (χ1v) is 44.8. The van der Waals surface area contributed by atoms with Crippen LogP contribution < -0.4 is 0 Å². The molecule has 0 N–H and O–H groups in total. The number of alkyl halides is 79. The van der Waals surface area contributed by atoms with E-state index in [1.807, 2.05) is 45.2 Å². The van der Waals surface area contributed by atoms with Gasteiger partial charge in [0, 0.05) is 38.5 Å². The van der Waals surface area contributed by atoms with Crippen molar-refractivity contribution >= 4 is 136 Å². The highest BCUT2D eigenvalue weighted by Gasteiger charge is 2.81. The lowest BCUT2D eigenvalue weighted by molar-refractivity contribution is -0.357. The van der Waals surface area contributed by atoms with E-state index < -0.39 is 319 Å². The fourth-order valence-corrected chi connectivity index (χ4v) is 14.7. The van der Waals surface area contributed by atoms with E-state index in [0.29, 0.717) is 55.6 Å². The minimum Gasteiger partial charge on any atom is -0.234 e. The summed E-state index contributed by atoms with van der Waals surface area (Å²) in [6.45, 7) is 0.326. The molecule has 0 saturated heterocycles. The summed E-state index contributed by atoms with van der Waals surface area (Å²) in [4.78, 5) is 0. The molecule has 6 atom stereocenters. The molecule has 0 aliphatic carbocycles. The van der Waals surface area contributed by atoms with Gasteiger partial charge in [0.1, 0.15) is 3.92 Å². The van der Waals surface area contributed by atoms with Crippen molar-refractivity contribution in [1.29, 1.82) is 0 Å². The van der Waals surface area contributed by atoms with Crippen molar-refractivity contribution < 1.29 is 321 Å². The molecule has 79 heteroatoms. The van der Waals surface area contributed by atoms with Gasteiger partial charge in [0.25, 0.3) is 44.1 Å². The fourth-order valence-electron chi connectivity index (χ4n) is 11.0. The summed E-state index contributed by atoms with van der Waals surface area (Å²) in [5, 5.41) is 0. The van der Waals surface area contributed by atoms with Crippen molar-refractivity contribution in [2.75, 3.05) is 13.3 Å². The Kier molecular flexibility index (Phi) is 57.2. The van der Waals surface area contributed by atoms with Gasteiger partial charge >= 0.3 is 133 Å². The van der Waals surface area contributed by atoms with Crippen LogP contribution in [0.2, 0.25) is 0 Å². The molecule has 6 unspecified atom stereocenters. The lowest BCUT2D eigenvalue weighted by Crippen LogP contribution is -2.57. The Hall–Kier alpha value is -0.730. The van der Waals surface area contributed by atoms with E-state index in [1.165, 1.54) is 0 Å². The van der Waals surface area contributed by atoms with Crippen LogP contribution in [0.5, 0.6) is 0 Å². The van der Waals surface area contributed by atoms with E-state index >= 15 is 0 Å². The van der Waals surface area contributed by atoms with Crippen LogP contribution in [0.1, 0.15) is 161 Å². The molecule has 0 heterocycles. The Morgan fingerprint density at radius 2 is 0.438 bits per heavy atom. The van der Waals surface area contributed by atoms with E-state index in [2.05, 4.69) is 0 Å². The summed E-state index contributed by atoms with van der Waals surface area (Å²) in [6, 6.07) is 0. The smallest absolute Gasteiger partial charge is 0.234 e. The SMILES string of the molecule is CC(F)(CC(CCI)CCCCC(F)(C(F)(F)F)C(F)(F)F)C(F)(F)F.FC(F)(CC(I)C(F)(F)F)CC(F)(C(F)(F)F)C(F)(F)F.FC(F)(F)C(CCCCI)CC(CC(F)(C(F)(F)F)C(F)(F)F)C(F)(F)F.FC(F)(F)C(F)(CC(CCCCCCI)CC(F)(C(F)(F)F)C(F)(F)F)C(F)(F)F.FC(F)(I)CC(CC(F)(C(F)(F)F)C(F)(F)F)C(F)(F)F.FC(F)(I)CC(F)(F)CC(F)(C(F)(F)F)C(F)(F)F. The molecule has 0 aromatic carbocycles. The summed E-state index contributed by atoms with van der Waals surface area (Å²) < 4.78 is 905. The van der Waals surface area contributed by atoms with Gasteiger partial charge in [-0.3, -0.25) is 0 Å². The van der Waals surface area contributed by atoms with E-state index in [0.717, 1.165) is 0 Å². The monoisotopic (exact) mass is 2990 g/mol. The lowest BCUT2D eigenvalue weighted by atomic mass is 9.80. The van der Waals surface area contributed by atoms with Gasteiger partial charge in [-0.1, -0.05) is 135 Å². The van der Waals surface area contributed by atoms with Crippen LogP contribution in [0.4, 0.5) is 321 Å². The van der Waals surface area contributed by atoms with Crippen molar-refractivity contribution in [3.05, 3.63) is 0 Å². The molecule has 0 nitrogen and oxygen atoms in total. The number of hydrogen-bond acceptors (Lipinski definition) is 0. The van der Waals surface area contributed by atoms with Crippen LogP contribution in [0.3, 0.4) is 0 Å². The van der Waals surface area contributed by atoms with Crippen LogP contribution in [0.25, 0.3) is 0 Å². The number of rotatable bonds is 39.